The Bertz CT molecular complexity index is 486. The quantitative estimate of drug-likeness (QED) is 0.788. The Balaban J connectivity index is 2.67. The molecule has 0 saturated heterocycles. The second-order valence-corrected chi connectivity index (χ2v) is 4.06. The van der Waals surface area contributed by atoms with Gasteiger partial charge in [0.2, 0.25) is 0 Å². The Morgan fingerprint density at radius 3 is 2.69 bits per heavy atom. The number of aliphatic carboxylic acids is 1. The van der Waals surface area contributed by atoms with Gasteiger partial charge in [-0.2, -0.15) is 0 Å². The summed E-state index contributed by atoms with van der Waals surface area (Å²) in [5.41, 5.74) is 3.06. The van der Waals surface area contributed by atoms with Gasteiger partial charge >= 0.3 is 5.97 Å². The van der Waals surface area contributed by atoms with Gasteiger partial charge in [-0.25, -0.2) is 4.79 Å². The number of carboxylic acids is 1. The summed E-state index contributed by atoms with van der Waals surface area (Å²) in [7, 11) is 0. The molecule has 1 aliphatic rings. The predicted molar refractivity (Wildman–Crippen MR) is 61.5 cm³/mol. The minimum absolute atomic E-state index is 0.345. The highest BCUT2D eigenvalue weighted by Gasteiger charge is 2.28. The van der Waals surface area contributed by atoms with Crippen molar-refractivity contribution >= 4 is 11.5 Å². The fourth-order valence-electron chi connectivity index (χ4n) is 2.12. The lowest BCUT2D eigenvalue weighted by atomic mass is 9.93. The van der Waals surface area contributed by atoms with E-state index in [-0.39, 0.29) is 0 Å². The molecule has 1 aromatic carbocycles. The number of hydrogen-bond donors (Lipinski definition) is 1. The van der Waals surface area contributed by atoms with E-state index >= 15 is 0 Å². The topological polar surface area (TPSA) is 46.5 Å². The van der Waals surface area contributed by atoms with Crippen LogP contribution in [0.2, 0.25) is 0 Å². The van der Waals surface area contributed by atoms with Gasteiger partial charge in [0.25, 0.3) is 0 Å². The maximum Gasteiger partial charge on any atom is 0.335 e. The lowest BCUT2D eigenvalue weighted by Crippen LogP contribution is -2.26. The summed E-state index contributed by atoms with van der Waals surface area (Å²) >= 11 is 0. The van der Waals surface area contributed by atoms with Crippen LogP contribution in [0, 0.1) is 6.92 Å². The number of hydrogen-bond acceptors (Lipinski definition) is 2. The van der Waals surface area contributed by atoms with Crippen molar-refractivity contribution in [3.8, 4) is 5.75 Å². The molecule has 0 radical (unpaired) electrons. The molecule has 1 heterocycles. The first-order valence-corrected chi connectivity index (χ1v) is 5.23. The molecule has 3 nitrogen and oxygen atoms in total. The minimum atomic E-state index is -0.905. The molecule has 1 aromatic rings. The molecule has 0 saturated carbocycles. The molecule has 1 aliphatic heterocycles. The van der Waals surface area contributed by atoms with Crippen molar-refractivity contribution in [1.29, 1.82) is 0 Å². The third-order valence-electron chi connectivity index (χ3n) is 2.95. The molecule has 0 amide bonds. The van der Waals surface area contributed by atoms with Crippen molar-refractivity contribution in [3.63, 3.8) is 0 Å². The summed E-state index contributed by atoms with van der Waals surface area (Å²) in [4.78, 5) is 11.1. The van der Waals surface area contributed by atoms with Crippen LogP contribution in [0.4, 0.5) is 0 Å². The number of ether oxygens (including phenoxy) is 1. The van der Waals surface area contributed by atoms with E-state index in [9.17, 15) is 4.79 Å². The molecule has 0 bridgehead atoms. The molecule has 84 valence electrons. The molecule has 16 heavy (non-hydrogen) atoms. The van der Waals surface area contributed by atoms with E-state index in [1.807, 2.05) is 32.0 Å². The first-order valence-electron chi connectivity index (χ1n) is 5.23. The zero-order valence-corrected chi connectivity index (χ0v) is 9.57. The van der Waals surface area contributed by atoms with Gasteiger partial charge in [-0.1, -0.05) is 18.2 Å². The summed E-state index contributed by atoms with van der Waals surface area (Å²) in [6.45, 7) is 5.56. The summed E-state index contributed by atoms with van der Waals surface area (Å²) in [6.07, 6.45) is -0.397. The molecule has 0 aromatic heterocycles. The molecule has 0 fully saturated rings. The Labute approximate surface area is 94.4 Å². The van der Waals surface area contributed by atoms with Crippen LogP contribution in [-0.4, -0.2) is 17.2 Å². The van der Waals surface area contributed by atoms with Crippen LogP contribution >= 0.6 is 0 Å². The molecule has 0 aliphatic carbocycles. The zero-order valence-electron chi connectivity index (χ0n) is 9.57. The number of carbonyl (C=O) groups is 1. The lowest BCUT2D eigenvalue weighted by Gasteiger charge is -2.26. The molecule has 3 heteroatoms. The Kier molecular flexibility index (Phi) is 2.46. The van der Waals surface area contributed by atoms with Gasteiger partial charge < -0.3 is 9.84 Å². The van der Waals surface area contributed by atoms with Gasteiger partial charge in [0.15, 0.2) is 0 Å². The van der Waals surface area contributed by atoms with Gasteiger partial charge in [-0.05, 0) is 31.9 Å². The first-order chi connectivity index (χ1) is 7.52. The maximum absolute atomic E-state index is 11.1. The van der Waals surface area contributed by atoms with Crippen molar-refractivity contribution in [2.24, 2.45) is 0 Å². The number of benzene rings is 1. The van der Waals surface area contributed by atoms with E-state index in [1.54, 1.807) is 6.92 Å². The summed E-state index contributed by atoms with van der Waals surface area (Å²) in [5.74, 6) is -0.102. The predicted octanol–water partition coefficient (Wildman–Crippen LogP) is 2.63. The summed E-state index contributed by atoms with van der Waals surface area (Å²) in [6, 6.07) is 5.77. The zero-order chi connectivity index (χ0) is 11.9. The normalized spacial score (nSPS) is 19.1. The smallest absolute Gasteiger partial charge is 0.335 e. The first kappa shape index (κ1) is 10.7. The third kappa shape index (κ3) is 1.48. The summed E-state index contributed by atoms with van der Waals surface area (Å²) in [5, 5.41) is 9.14. The van der Waals surface area contributed by atoms with E-state index in [1.165, 1.54) is 0 Å². The number of rotatable bonds is 1. The Morgan fingerprint density at radius 2 is 2.06 bits per heavy atom. The molecule has 0 spiro atoms. The Morgan fingerprint density at radius 1 is 1.38 bits per heavy atom. The highest BCUT2D eigenvalue weighted by atomic mass is 16.5. The number of allylic oxidation sites excluding steroid dienone is 1. The van der Waals surface area contributed by atoms with E-state index in [0.717, 1.165) is 22.4 Å². The number of fused-ring (bicyclic) bond motifs is 1. The van der Waals surface area contributed by atoms with Crippen LogP contribution in [0.1, 0.15) is 25.0 Å². The van der Waals surface area contributed by atoms with E-state index < -0.39 is 12.1 Å². The van der Waals surface area contributed by atoms with Gasteiger partial charge in [0.1, 0.15) is 11.9 Å². The largest absolute Gasteiger partial charge is 0.485 e. The van der Waals surface area contributed by atoms with E-state index in [2.05, 4.69) is 0 Å². The van der Waals surface area contributed by atoms with Crippen LogP contribution in [0.15, 0.2) is 23.8 Å². The summed E-state index contributed by atoms with van der Waals surface area (Å²) < 4.78 is 5.67. The second-order valence-electron chi connectivity index (χ2n) is 4.06. The fraction of sp³-hybridized carbons (Fsp3) is 0.308. The molecule has 1 atom stereocenters. The standard InChI is InChI=1S/C13H14O3/c1-7-5-4-6-10-8(2)11(13(14)15)9(3)16-12(7)10/h4-6,9H,1-3H3,(H,14,15). The van der Waals surface area contributed by atoms with E-state index in [0.29, 0.717) is 5.57 Å². The van der Waals surface area contributed by atoms with Gasteiger partial charge in [-0.15, -0.1) is 0 Å². The second kappa shape index (κ2) is 3.67. The number of aryl methyl sites for hydroxylation is 1. The van der Waals surface area contributed by atoms with Crippen molar-refractivity contribution < 1.29 is 14.6 Å². The average molecular weight is 218 g/mol. The van der Waals surface area contributed by atoms with Crippen molar-refractivity contribution in [3.05, 3.63) is 34.9 Å². The molecule has 1 unspecified atom stereocenters. The SMILES string of the molecule is CC1=C(C(=O)O)C(C)Oc2c(C)cccc21. The highest BCUT2D eigenvalue weighted by Crippen LogP contribution is 2.37. The third-order valence-corrected chi connectivity index (χ3v) is 2.95. The molecular formula is C13H14O3. The van der Waals surface area contributed by atoms with Gasteiger partial charge in [0.05, 0.1) is 5.57 Å². The highest BCUT2D eigenvalue weighted by molar-refractivity contribution is 5.98. The van der Waals surface area contributed by atoms with Crippen LogP contribution in [-0.2, 0) is 4.79 Å². The van der Waals surface area contributed by atoms with Gasteiger partial charge in [-0.3, -0.25) is 0 Å². The average Bonchev–Trinajstić information content (AvgIpc) is 2.19. The number of carboxylic acid groups (broad SMARTS) is 1. The van der Waals surface area contributed by atoms with Crippen molar-refractivity contribution in [2.75, 3.05) is 0 Å². The van der Waals surface area contributed by atoms with Crippen LogP contribution in [0.3, 0.4) is 0 Å². The van der Waals surface area contributed by atoms with Crippen LogP contribution in [0.5, 0.6) is 5.75 Å². The minimum Gasteiger partial charge on any atom is -0.485 e. The van der Waals surface area contributed by atoms with Crippen LogP contribution in [0.25, 0.3) is 5.57 Å². The Hall–Kier alpha value is -1.77. The monoisotopic (exact) mass is 218 g/mol. The van der Waals surface area contributed by atoms with Crippen LogP contribution < -0.4 is 4.74 Å². The molecule has 1 N–H and O–H groups in total. The van der Waals surface area contributed by atoms with Crippen molar-refractivity contribution in [2.45, 2.75) is 26.9 Å². The fourth-order valence-corrected chi connectivity index (χ4v) is 2.12. The van der Waals surface area contributed by atoms with Gasteiger partial charge in [0, 0.05) is 5.56 Å². The van der Waals surface area contributed by atoms with E-state index in [4.69, 9.17) is 9.84 Å². The maximum atomic E-state index is 11.1. The molecular weight excluding hydrogens is 204 g/mol. The molecule has 2 rings (SSSR count). The lowest BCUT2D eigenvalue weighted by molar-refractivity contribution is -0.133. The number of para-hydroxylation sites is 1. The van der Waals surface area contributed by atoms with Crippen molar-refractivity contribution in [1.82, 2.24) is 0 Å².